The van der Waals surface area contributed by atoms with Gasteiger partial charge in [-0.15, -0.1) is 0 Å². The van der Waals surface area contributed by atoms with E-state index in [1.807, 2.05) is 0 Å². The number of guanidine groups is 2. The fourth-order valence-corrected chi connectivity index (χ4v) is 5.39. The first kappa shape index (κ1) is 22.9. The van der Waals surface area contributed by atoms with E-state index >= 15 is 0 Å². The van der Waals surface area contributed by atoms with E-state index in [9.17, 15) is 0 Å². The summed E-state index contributed by atoms with van der Waals surface area (Å²) in [5, 5.41) is 7.45. The number of nitrogens with two attached hydrogens (primary N) is 1. The van der Waals surface area contributed by atoms with Gasteiger partial charge in [-0.1, -0.05) is 6.07 Å². The second-order valence-corrected chi connectivity index (χ2v) is 10.7. The quantitative estimate of drug-likeness (QED) is 0.668. The highest BCUT2D eigenvalue weighted by atomic mass is 16.5. The summed E-state index contributed by atoms with van der Waals surface area (Å²) < 4.78 is 5.61. The maximum Gasteiger partial charge on any atom is 0.222 e. The maximum absolute atomic E-state index is 6.25. The molecule has 1 atom stereocenters. The SMILES string of the molecule is Cc1ccc(NC2N=C(N)N=C(N3CCOCC3)N2C2CC(C)(C)NC(C)(C)C2)cc1C. The number of hydrogen-bond donors (Lipinski definition) is 3. The molecule has 32 heavy (non-hydrogen) atoms. The number of nitrogens with zero attached hydrogens (tertiary/aromatic N) is 4. The number of rotatable bonds is 3. The summed E-state index contributed by atoms with van der Waals surface area (Å²) in [7, 11) is 0. The van der Waals surface area contributed by atoms with Crippen molar-refractivity contribution >= 4 is 17.6 Å². The Morgan fingerprint density at radius 1 is 1.06 bits per heavy atom. The van der Waals surface area contributed by atoms with Crippen molar-refractivity contribution < 1.29 is 4.74 Å². The van der Waals surface area contributed by atoms with Gasteiger partial charge in [-0.3, -0.25) is 4.90 Å². The van der Waals surface area contributed by atoms with Crippen LogP contribution >= 0.6 is 0 Å². The van der Waals surface area contributed by atoms with Gasteiger partial charge >= 0.3 is 0 Å². The largest absolute Gasteiger partial charge is 0.378 e. The molecule has 3 aliphatic rings. The minimum atomic E-state index is -0.317. The molecule has 1 unspecified atom stereocenters. The van der Waals surface area contributed by atoms with Crippen molar-refractivity contribution in [1.82, 2.24) is 15.1 Å². The molecule has 3 heterocycles. The molecular weight excluding hydrogens is 402 g/mol. The Hall–Kier alpha value is -2.32. The second-order valence-electron chi connectivity index (χ2n) is 10.7. The lowest BCUT2D eigenvalue weighted by Gasteiger charge is -2.53. The van der Waals surface area contributed by atoms with Gasteiger partial charge in [-0.05, 0) is 77.6 Å². The van der Waals surface area contributed by atoms with E-state index in [0.29, 0.717) is 19.2 Å². The maximum atomic E-state index is 6.25. The van der Waals surface area contributed by atoms with E-state index in [1.54, 1.807) is 0 Å². The second kappa shape index (κ2) is 8.56. The molecule has 2 saturated heterocycles. The Morgan fingerprint density at radius 3 is 2.34 bits per heavy atom. The van der Waals surface area contributed by atoms with Gasteiger partial charge in [-0.25, -0.2) is 4.99 Å². The molecule has 1 aromatic carbocycles. The van der Waals surface area contributed by atoms with E-state index < -0.39 is 0 Å². The zero-order chi connectivity index (χ0) is 23.1. The van der Waals surface area contributed by atoms with Gasteiger partial charge in [0.05, 0.1) is 13.2 Å². The number of anilines is 1. The lowest BCUT2D eigenvalue weighted by Crippen LogP contribution is -2.67. The predicted molar refractivity (Wildman–Crippen MR) is 131 cm³/mol. The smallest absolute Gasteiger partial charge is 0.222 e. The van der Waals surface area contributed by atoms with E-state index in [-0.39, 0.29) is 23.4 Å². The molecule has 4 rings (SSSR count). The van der Waals surface area contributed by atoms with Crippen LogP contribution in [0, 0.1) is 13.8 Å². The van der Waals surface area contributed by atoms with Crippen LogP contribution in [0.15, 0.2) is 28.2 Å². The predicted octanol–water partition coefficient (Wildman–Crippen LogP) is 2.63. The topological polar surface area (TPSA) is 90.5 Å². The molecule has 1 aromatic rings. The van der Waals surface area contributed by atoms with Gasteiger partial charge in [0.25, 0.3) is 0 Å². The standard InChI is InChI=1S/C24H39N7O/c1-16-7-8-18(13-17(16)2)26-21-27-20(25)28-22(30-9-11-32-12-10-30)31(21)19-14-23(3,4)29-24(5,6)15-19/h7-8,13,19,21,26,29H,9-12,14-15H2,1-6H3,(H2,25,27). The number of benzene rings is 1. The van der Waals surface area contributed by atoms with Crippen molar-refractivity contribution in [2.45, 2.75) is 77.8 Å². The third-order valence-electron chi connectivity index (χ3n) is 6.62. The van der Waals surface area contributed by atoms with Crippen molar-refractivity contribution in [3.05, 3.63) is 29.3 Å². The molecule has 0 aromatic heterocycles. The van der Waals surface area contributed by atoms with E-state index in [2.05, 4.69) is 80.2 Å². The summed E-state index contributed by atoms with van der Waals surface area (Å²) >= 11 is 0. The number of aryl methyl sites for hydroxylation is 2. The first-order chi connectivity index (χ1) is 15.0. The van der Waals surface area contributed by atoms with Crippen LogP contribution in [0.5, 0.6) is 0 Å². The molecule has 0 bridgehead atoms. The molecule has 8 nitrogen and oxygen atoms in total. The average molecular weight is 442 g/mol. The third-order valence-corrected chi connectivity index (χ3v) is 6.62. The Morgan fingerprint density at radius 2 is 1.72 bits per heavy atom. The zero-order valence-corrected chi connectivity index (χ0v) is 20.4. The lowest BCUT2D eigenvalue weighted by molar-refractivity contribution is 0.0456. The number of morpholine rings is 1. The Kier molecular flexibility index (Phi) is 6.11. The Labute approximate surface area is 192 Å². The zero-order valence-electron chi connectivity index (χ0n) is 20.4. The summed E-state index contributed by atoms with van der Waals surface area (Å²) in [5.41, 5.74) is 9.82. The van der Waals surface area contributed by atoms with Crippen LogP contribution in [0.1, 0.15) is 51.7 Å². The van der Waals surface area contributed by atoms with Crippen LogP contribution in [0.25, 0.3) is 0 Å². The summed E-state index contributed by atoms with van der Waals surface area (Å²) in [6, 6.07) is 6.69. The van der Waals surface area contributed by atoms with Crippen molar-refractivity contribution in [3.8, 4) is 0 Å². The average Bonchev–Trinajstić information content (AvgIpc) is 2.68. The molecule has 8 heteroatoms. The van der Waals surface area contributed by atoms with Crippen molar-refractivity contribution in [1.29, 1.82) is 0 Å². The normalized spacial score (nSPS) is 25.9. The van der Waals surface area contributed by atoms with Crippen LogP contribution in [0.4, 0.5) is 5.69 Å². The Bertz CT molecular complexity index is 886. The Balaban J connectivity index is 1.71. The first-order valence-corrected chi connectivity index (χ1v) is 11.7. The number of aliphatic imine (C=N–C) groups is 2. The van der Waals surface area contributed by atoms with Crippen LogP contribution in [-0.2, 0) is 4.74 Å². The minimum Gasteiger partial charge on any atom is -0.378 e. The highest BCUT2D eigenvalue weighted by molar-refractivity contribution is 5.96. The highest BCUT2D eigenvalue weighted by Crippen LogP contribution is 2.34. The summed E-state index contributed by atoms with van der Waals surface area (Å²) in [6.07, 6.45) is 1.66. The molecule has 0 amide bonds. The molecule has 176 valence electrons. The van der Waals surface area contributed by atoms with Crippen LogP contribution in [0.2, 0.25) is 0 Å². The van der Waals surface area contributed by atoms with E-state index in [4.69, 9.17) is 20.5 Å². The van der Waals surface area contributed by atoms with Gasteiger partial charge < -0.3 is 26.0 Å². The van der Waals surface area contributed by atoms with Crippen LogP contribution in [-0.4, -0.2) is 71.4 Å². The molecule has 0 aliphatic carbocycles. The fraction of sp³-hybridized carbons (Fsp3) is 0.667. The van der Waals surface area contributed by atoms with E-state index in [1.165, 1.54) is 11.1 Å². The number of nitrogens with one attached hydrogen (secondary N) is 2. The van der Waals surface area contributed by atoms with Crippen molar-refractivity contribution in [2.24, 2.45) is 15.7 Å². The number of ether oxygens (including phenoxy) is 1. The monoisotopic (exact) mass is 441 g/mol. The fourth-order valence-electron chi connectivity index (χ4n) is 5.39. The van der Waals surface area contributed by atoms with Crippen molar-refractivity contribution in [3.63, 3.8) is 0 Å². The molecule has 4 N–H and O–H groups in total. The number of piperidine rings is 1. The van der Waals surface area contributed by atoms with Crippen LogP contribution < -0.4 is 16.4 Å². The van der Waals surface area contributed by atoms with Gasteiger partial charge in [0.15, 0.2) is 0 Å². The molecule has 0 spiro atoms. The summed E-state index contributed by atoms with van der Waals surface area (Å²) in [4.78, 5) is 14.2. The van der Waals surface area contributed by atoms with Gasteiger partial charge in [0.2, 0.25) is 18.2 Å². The highest BCUT2D eigenvalue weighted by Gasteiger charge is 2.44. The molecule has 0 radical (unpaired) electrons. The molecule has 2 fully saturated rings. The first-order valence-electron chi connectivity index (χ1n) is 11.7. The number of hydrogen-bond acceptors (Lipinski definition) is 8. The van der Waals surface area contributed by atoms with E-state index in [0.717, 1.165) is 37.6 Å². The van der Waals surface area contributed by atoms with Gasteiger partial charge in [0.1, 0.15) is 0 Å². The summed E-state index contributed by atoms with van der Waals surface area (Å²) in [5.74, 6) is 1.22. The third kappa shape index (κ3) is 5.02. The van der Waals surface area contributed by atoms with Gasteiger partial charge in [0, 0.05) is 35.9 Å². The summed E-state index contributed by atoms with van der Waals surface area (Å²) in [6.45, 7) is 16.4. The lowest BCUT2D eigenvalue weighted by atomic mass is 9.79. The van der Waals surface area contributed by atoms with Crippen molar-refractivity contribution in [2.75, 3.05) is 31.6 Å². The molecule has 3 aliphatic heterocycles. The van der Waals surface area contributed by atoms with Gasteiger partial charge in [-0.2, -0.15) is 4.99 Å². The minimum absolute atomic E-state index is 0.000237. The molecular formula is C24H39N7O. The molecule has 0 saturated carbocycles. The van der Waals surface area contributed by atoms with Crippen LogP contribution in [0.3, 0.4) is 0 Å².